The van der Waals surface area contributed by atoms with Crippen molar-refractivity contribution in [3.8, 4) is 0 Å². The first-order chi connectivity index (χ1) is 11.6. The van der Waals surface area contributed by atoms with Gasteiger partial charge in [-0.15, -0.1) is 0 Å². The molecule has 3 aliphatic rings. The summed E-state index contributed by atoms with van der Waals surface area (Å²) in [7, 11) is 0. The average Bonchev–Trinajstić information content (AvgIpc) is 3.40. The molecule has 2 aliphatic heterocycles. The number of amides is 1. The van der Waals surface area contributed by atoms with E-state index < -0.39 is 5.60 Å². The largest absolute Gasteiger partial charge is 0.377 e. The summed E-state index contributed by atoms with van der Waals surface area (Å²) >= 11 is 0. The summed E-state index contributed by atoms with van der Waals surface area (Å²) in [5, 5.41) is 0. The lowest BCUT2D eigenvalue weighted by Gasteiger charge is -2.43. The van der Waals surface area contributed by atoms with Crippen LogP contribution in [0.4, 0.5) is 10.1 Å². The van der Waals surface area contributed by atoms with Gasteiger partial charge in [-0.2, -0.15) is 0 Å². The molecule has 1 spiro atoms. The number of benzene rings is 1. The van der Waals surface area contributed by atoms with Gasteiger partial charge in [-0.3, -0.25) is 9.69 Å². The van der Waals surface area contributed by atoms with E-state index in [-0.39, 0.29) is 18.3 Å². The van der Waals surface area contributed by atoms with Crippen LogP contribution in [-0.4, -0.2) is 62.4 Å². The quantitative estimate of drug-likeness (QED) is 0.843. The minimum atomic E-state index is -0.506. The molecule has 1 atom stereocenters. The van der Waals surface area contributed by atoms with Crippen molar-refractivity contribution in [2.24, 2.45) is 5.92 Å². The van der Waals surface area contributed by atoms with E-state index in [0.29, 0.717) is 25.4 Å². The second-order valence-electron chi connectivity index (χ2n) is 7.16. The van der Waals surface area contributed by atoms with Crippen molar-refractivity contribution < 1.29 is 18.7 Å². The van der Waals surface area contributed by atoms with E-state index in [0.717, 1.165) is 25.6 Å². The summed E-state index contributed by atoms with van der Waals surface area (Å²) in [5.74, 6) is 0.409. The molecule has 4 rings (SSSR count). The summed E-state index contributed by atoms with van der Waals surface area (Å²) in [4.78, 5) is 16.4. The molecule has 1 aliphatic carbocycles. The molecule has 1 amide bonds. The Hall–Kier alpha value is -1.50. The summed E-state index contributed by atoms with van der Waals surface area (Å²) < 4.78 is 24.9. The molecule has 0 unspecified atom stereocenters. The second-order valence-corrected chi connectivity index (χ2v) is 7.16. The normalized spacial score (nSPS) is 29.0. The molecule has 2 saturated heterocycles. The number of nitrogens with zero attached hydrogens (tertiary/aromatic N) is 2. The molecule has 6 heteroatoms. The third-order valence-electron chi connectivity index (χ3n) is 5.03. The maximum Gasteiger partial charge on any atom is 0.253 e. The summed E-state index contributed by atoms with van der Waals surface area (Å²) in [6, 6.07) is 6.05. The summed E-state index contributed by atoms with van der Waals surface area (Å²) in [6.45, 7) is 4.43. The average molecular weight is 334 g/mol. The molecule has 2 heterocycles. The van der Waals surface area contributed by atoms with Crippen LogP contribution < -0.4 is 4.90 Å². The number of rotatable bonds is 3. The zero-order chi connectivity index (χ0) is 16.6. The fourth-order valence-electron chi connectivity index (χ4n) is 3.56. The molecule has 0 N–H and O–H groups in total. The Kier molecular flexibility index (Phi) is 4.28. The van der Waals surface area contributed by atoms with Gasteiger partial charge in [0.1, 0.15) is 18.0 Å². The molecule has 1 aromatic rings. The second kappa shape index (κ2) is 6.43. The number of carbonyl (C=O) groups is 1. The van der Waals surface area contributed by atoms with Crippen LogP contribution in [0.2, 0.25) is 0 Å². The monoisotopic (exact) mass is 334 g/mol. The van der Waals surface area contributed by atoms with Gasteiger partial charge in [0.15, 0.2) is 0 Å². The first kappa shape index (κ1) is 16.0. The van der Waals surface area contributed by atoms with Crippen LogP contribution in [-0.2, 0) is 14.3 Å². The lowest BCUT2D eigenvalue weighted by atomic mass is 10.0. The van der Waals surface area contributed by atoms with Gasteiger partial charge in [0, 0.05) is 25.3 Å². The number of halogens is 1. The van der Waals surface area contributed by atoms with Crippen molar-refractivity contribution in [3.05, 3.63) is 30.1 Å². The lowest BCUT2D eigenvalue weighted by molar-refractivity contribution is -0.146. The third-order valence-corrected chi connectivity index (χ3v) is 5.03. The van der Waals surface area contributed by atoms with Crippen LogP contribution in [0.1, 0.15) is 12.8 Å². The maximum atomic E-state index is 13.2. The van der Waals surface area contributed by atoms with Crippen LogP contribution in [0.25, 0.3) is 0 Å². The van der Waals surface area contributed by atoms with E-state index in [4.69, 9.17) is 9.47 Å². The molecule has 5 nitrogen and oxygen atoms in total. The van der Waals surface area contributed by atoms with Gasteiger partial charge in [-0.25, -0.2) is 4.39 Å². The van der Waals surface area contributed by atoms with E-state index in [9.17, 15) is 9.18 Å². The molecule has 0 aromatic heterocycles. The number of ether oxygens (including phenoxy) is 2. The minimum Gasteiger partial charge on any atom is -0.377 e. The molecule has 0 bridgehead atoms. The van der Waals surface area contributed by atoms with Gasteiger partial charge >= 0.3 is 0 Å². The van der Waals surface area contributed by atoms with Crippen molar-refractivity contribution in [1.29, 1.82) is 0 Å². The number of anilines is 1. The Balaban J connectivity index is 1.52. The van der Waals surface area contributed by atoms with Crippen molar-refractivity contribution in [3.63, 3.8) is 0 Å². The van der Waals surface area contributed by atoms with Crippen molar-refractivity contribution >= 4 is 11.6 Å². The Bertz CT molecular complexity index is 605. The minimum absolute atomic E-state index is 0.0397. The van der Waals surface area contributed by atoms with Crippen molar-refractivity contribution in [2.45, 2.75) is 18.4 Å². The smallest absolute Gasteiger partial charge is 0.253 e. The third kappa shape index (κ3) is 3.45. The SMILES string of the molecule is O=C1CO[C@@]2(COCCN(CC3CC3)C2)CN1c1ccc(F)cc1. The molecule has 1 aromatic carbocycles. The lowest BCUT2D eigenvalue weighted by Crippen LogP contribution is -2.61. The zero-order valence-corrected chi connectivity index (χ0v) is 13.7. The van der Waals surface area contributed by atoms with Crippen LogP contribution in [0.15, 0.2) is 24.3 Å². The van der Waals surface area contributed by atoms with E-state index in [2.05, 4.69) is 4.90 Å². The van der Waals surface area contributed by atoms with E-state index in [1.165, 1.54) is 25.0 Å². The Morgan fingerprint density at radius 2 is 2.00 bits per heavy atom. The van der Waals surface area contributed by atoms with Crippen molar-refractivity contribution in [2.75, 3.05) is 50.9 Å². The predicted molar refractivity (Wildman–Crippen MR) is 87.4 cm³/mol. The van der Waals surface area contributed by atoms with Gasteiger partial charge in [0.05, 0.1) is 19.8 Å². The van der Waals surface area contributed by atoms with Gasteiger partial charge in [0.25, 0.3) is 5.91 Å². The highest BCUT2D eigenvalue weighted by Gasteiger charge is 2.44. The van der Waals surface area contributed by atoms with Crippen LogP contribution in [0, 0.1) is 11.7 Å². The highest BCUT2D eigenvalue weighted by Crippen LogP contribution is 2.32. The highest BCUT2D eigenvalue weighted by molar-refractivity contribution is 5.95. The molecule has 3 fully saturated rings. The predicted octanol–water partition coefficient (Wildman–Crippen LogP) is 1.67. The Labute approximate surface area is 141 Å². The number of hydrogen-bond acceptors (Lipinski definition) is 4. The van der Waals surface area contributed by atoms with Gasteiger partial charge in [-0.05, 0) is 43.0 Å². The number of carbonyl (C=O) groups excluding carboxylic acids is 1. The van der Waals surface area contributed by atoms with Gasteiger partial charge in [-0.1, -0.05) is 0 Å². The number of hydrogen-bond donors (Lipinski definition) is 0. The Morgan fingerprint density at radius 1 is 1.21 bits per heavy atom. The summed E-state index contributed by atoms with van der Waals surface area (Å²) in [6.07, 6.45) is 2.62. The van der Waals surface area contributed by atoms with E-state index >= 15 is 0 Å². The fraction of sp³-hybridized carbons (Fsp3) is 0.611. The Morgan fingerprint density at radius 3 is 2.75 bits per heavy atom. The molecule has 24 heavy (non-hydrogen) atoms. The molecular formula is C18H23FN2O3. The highest BCUT2D eigenvalue weighted by atomic mass is 19.1. The maximum absolute atomic E-state index is 13.2. The van der Waals surface area contributed by atoms with Crippen LogP contribution >= 0.6 is 0 Å². The molecule has 0 radical (unpaired) electrons. The molecular weight excluding hydrogens is 311 g/mol. The van der Waals surface area contributed by atoms with Crippen LogP contribution in [0.3, 0.4) is 0 Å². The van der Waals surface area contributed by atoms with E-state index in [1.807, 2.05) is 0 Å². The van der Waals surface area contributed by atoms with Crippen molar-refractivity contribution in [1.82, 2.24) is 4.90 Å². The number of morpholine rings is 1. The summed E-state index contributed by atoms with van der Waals surface area (Å²) in [5.41, 5.74) is 0.204. The standard InChI is InChI=1S/C18H23FN2O3/c19-15-3-5-16(6-4-15)21-12-18(24-10-17(21)22)11-20(7-8-23-13-18)9-14-1-2-14/h3-6,14H,1-2,7-13H2/t18-/m1/s1. The zero-order valence-electron chi connectivity index (χ0n) is 13.7. The first-order valence-electron chi connectivity index (χ1n) is 8.64. The topological polar surface area (TPSA) is 42.0 Å². The fourth-order valence-corrected chi connectivity index (χ4v) is 3.56. The van der Waals surface area contributed by atoms with E-state index in [1.54, 1.807) is 17.0 Å². The van der Waals surface area contributed by atoms with Crippen LogP contribution in [0.5, 0.6) is 0 Å². The van der Waals surface area contributed by atoms with Gasteiger partial charge < -0.3 is 14.4 Å². The molecule has 130 valence electrons. The van der Waals surface area contributed by atoms with Gasteiger partial charge in [0.2, 0.25) is 0 Å². The first-order valence-corrected chi connectivity index (χ1v) is 8.64. The molecule has 1 saturated carbocycles.